The van der Waals surface area contributed by atoms with Crippen molar-refractivity contribution in [3.63, 3.8) is 0 Å². The number of amides is 1. The van der Waals surface area contributed by atoms with Crippen LogP contribution in [0.5, 0.6) is 0 Å². The van der Waals surface area contributed by atoms with E-state index in [0.717, 1.165) is 19.4 Å². The molecule has 1 aromatic rings. The Kier molecular flexibility index (Phi) is 7.19. The smallest absolute Gasteiger partial charge is 0.220 e. The summed E-state index contributed by atoms with van der Waals surface area (Å²) >= 11 is 0. The van der Waals surface area contributed by atoms with Gasteiger partial charge in [0.15, 0.2) is 0 Å². The molecule has 3 heteroatoms. The van der Waals surface area contributed by atoms with Crippen LogP contribution < -0.4 is 10.6 Å². The first-order valence-corrected chi connectivity index (χ1v) is 7.14. The first-order chi connectivity index (χ1) is 9.08. The second kappa shape index (κ2) is 8.70. The van der Waals surface area contributed by atoms with Gasteiger partial charge < -0.3 is 10.6 Å². The van der Waals surface area contributed by atoms with Crippen molar-refractivity contribution >= 4 is 5.91 Å². The molecule has 0 aliphatic carbocycles. The van der Waals surface area contributed by atoms with Gasteiger partial charge in [-0.2, -0.15) is 0 Å². The Labute approximate surface area is 116 Å². The summed E-state index contributed by atoms with van der Waals surface area (Å²) in [5.74, 6) is 0.147. The Morgan fingerprint density at radius 1 is 1.16 bits per heavy atom. The van der Waals surface area contributed by atoms with Gasteiger partial charge in [0.1, 0.15) is 0 Å². The summed E-state index contributed by atoms with van der Waals surface area (Å²) in [6.45, 7) is 7.18. The number of rotatable bonds is 8. The molecule has 1 atom stereocenters. The standard InChI is InChI=1S/C16H26N2O/c1-13(2)17-11-7-10-16(19)18-14(3)12-15-8-5-4-6-9-15/h4-6,8-9,13-14,17H,7,10-12H2,1-3H3,(H,18,19). The quantitative estimate of drug-likeness (QED) is 0.707. The summed E-state index contributed by atoms with van der Waals surface area (Å²) in [7, 11) is 0. The lowest BCUT2D eigenvalue weighted by molar-refractivity contribution is -0.121. The monoisotopic (exact) mass is 262 g/mol. The van der Waals surface area contributed by atoms with Crippen LogP contribution in [-0.4, -0.2) is 24.5 Å². The predicted molar refractivity (Wildman–Crippen MR) is 80.1 cm³/mol. The molecule has 0 bridgehead atoms. The molecule has 19 heavy (non-hydrogen) atoms. The fourth-order valence-corrected chi connectivity index (χ4v) is 2.01. The minimum Gasteiger partial charge on any atom is -0.353 e. The van der Waals surface area contributed by atoms with Crippen LogP contribution in [0.4, 0.5) is 0 Å². The van der Waals surface area contributed by atoms with Crippen LogP contribution in [0.3, 0.4) is 0 Å². The van der Waals surface area contributed by atoms with Gasteiger partial charge in [0, 0.05) is 18.5 Å². The molecule has 1 rings (SSSR count). The zero-order valence-corrected chi connectivity index (χ0v) is 12.3. The Balaban J connectivity index is 2.17. The molecule has 0 aliphatic heterocycles. The van der Waals surface area contributed by atoms with Crippen molar-refractivity contribution < 1.29 is 4.79 Å². The zero-order valence-electron chi connectivity index (χ0n) is 12.3. The number of nitrogens with one attached hydrogen (secondary N) is 2. The average molecular weight is 262 g/mol. The number of hydrogen-bond acceptors (Lipinski definition) is 2. The maximum absolute atomic E-state index is 11.7. The summed E-state index contributed by atoms with van der Waals surface area (Å²) in [4.78, 5) is 11.7. The van der Waals surface area contributed by atoms with Gasteiger partial charge in [-0.15, -0.1) is 0 Å². The molecule has 1 unspecified atom stereocenters. The zero-order chi connectivity index (χ0) is 14.1. The van der Waals surface area contributed by atoms with Crippen molar-refractivity contribution in [2.75, 3.05) is 6.54 Å². The molecule has 0 aliphatic rings. The second-order valence-corrected chi connectivity index (χ2v) is 5.37. The van der Waals surface area contributed by atoms with Crippen LogP contribution in [0.1, 0.15) is 39.2 Å². The number of benzene rings is 1. The van der Waals surface area contributed by atoms with E-state index in [9.17, 15) is 4.79 Å². The van der Waals surface area contributed by atoms with Gasteiger partial charge in [0.25, 0.3) is 0 Å². The Morgan fingerprint density at radius 2 is 1.84 bits per heavy atom. The van der Waals surface area contributed by atoms with Crippen molar-refractivity contribution in [3.05, 3.63) is 35.9 Å². The molecular formula is C16H26N2O. The van der Waals surface area contributed by atoms with Crippen molar-refractivity contribution in [2.45, 2.75) is 52.1 Å². The normalized spacial score (nSPS) is 12.4. The van der Waals surface area contributed by atoms with Gasteiger partial charge in [-0.1, -0.05) is 44.2 Å². The van der Waals surface area contributed by atoms with E-state index in [1.54, 1.807) is 0 Å². The summed E-state index contributed by atoms with van der Waals surface area (Å²) in [6, 6.07) is 10.9. The Hall–Kier alpha value is -1.35. The molecule has 1 amide bonds. The lowest BCUT2D eigenvalue weighted by Gasteiger charge is -2.14. The SMILES string of the molecule is CC(C)NCCCC(=O)NC(C)Cc1ccccc1. The van der Waals surface area contributed by atoms with Crippen LogP contribution in [0.25, 0.3) is 0 Å². The lowest BCUT2D eigenvalue weighted by atomic mass is 10.1. The minimum absolute atomic E-state index is 0.147. The molecule has 0 radical (unpaired) electrons. The summed E-state index contributed by atoms with van der Waals surface area (Å²) in [6.07, 6.45) is 2.37. The third-order valence-electron chi connectivity index (χ3n) is 2.93. The first kappa shape index (κ1) is 15.7. The van der Waals surface area contributed by atoms with Gasteiger partial charge >= 0.3 is 0 Å². The minimum atomic E-state index is 0.147. The topological polar surface area (TPSA) is 41.1 Å². The molecule has 0 heterocycles. The number of hydrogen-bond donors (Lipinski definition) is 2. The highest BCUT2D eigenvalue weighted by Gasteiger charge is 2.07. The fourth-order valence-electron chi connectivity index (χ4n) is 2.01. The van der Waals surface area contributed by atoms with E-state index in [1.807, 2.05) is 18.2 Å². The van der Waals surface area contributed by atoms with E-state index in [0.29, 0.717) is 12.5 Å². The van der Waals surface area contributed by atoms with Gasteiger partial charge in [-0.05, 0) is 31.9 Å². The van der Waals surface area contributed by atoms with Gasteiger partial charge in [-0.3, -0.25) is 4.79 Å². The Morgan fingerprint density at radius 3 is 2.47 bits per heavy atom. The maximum atomic E-state index is 11.7. The summed E-state index contributed by atoms with van der Waals surface area (Å²) < 4.78 is 0. The van der Waals surface area contributed by atoms with Crippen LogP contribution in [0, 0.1) is 0 Å². The van der Waals surface area contributed by atoms with Crippen LogP contribution in [0.2, 0.25) is 0 Å². The highest BCUT2D eigenvalue weighted by atomic mass is 16.1. The highest BCUT2D eigenvalue weighted by molar-refractivity contribution is 5.76. The molecule has 1 aromatic carbocycles. The van der Waals surface area contributed by atoms with E-state index >= 15 is 0 Å². The van der Waals surface area contributed by atoms with E-state index in [4.69, 9.17) is 0 Å². The van der Waals surface area contributed by atoms with Crippen molar-refractivity contribution in [1.29, 1.82) is 0 Å². The second-order valence-electron chi connectivity index (χ2n) is 5.37. The average Bonchev–Trinajstić information content (AvgIpc) is 2.35. The number of carbonyl (C=O) groups excluding carboxylic acids is 1. The third-order valence-corrected chi connectivity index (χ3v) is 2.93. The van der Waals surface area contributed by atoms with E-state index in [2.05, 4.69) is 43.5 Å². The fraction of sp³-hybridized carbons (Fsp3) is 0.562. The molecule has 2 N–H and O–H groups in total. The molecule has 106 valence electrons. The van der Waals surface area contributed by atoms with Gasteiger partial charge in [0.05, 0.1) is 0 Å². The summed E-state index contributed by atoms with van der Waals surface area (Å²) in [5, 5.41) is 6.36. The van der Waals surface area contributed by atoms with Crippen LogP contribution in [-0.2, 0) is 11.2 Å². The summed E-state index contributed by atoms with van der Waals surface area (Å²) in [5.41, 5.74) is 1.26. The largest absolute Gasteiger partial charge is 0.353 e. The Bertz CT molecular complexity index is 362. The van der Waals surface area contributed by atoms with Crippen LogP contribution >= 0.6 is 0 Å². The number of carbonyl (C=O) groups is 1. The molecular weight excluding hydrogens is 236 g/mol. The van der Waals surface area contributed by atoms with E-state index in [1.165, 1.54) is 5.56 Å². The molecule has 0 spiro atoms. The van der Waals surface area contributed by atoms with Crippen LogP contribution in [0.15, 0.2) is 30.3 Å². The molecule has 0 saturated carbocycles. The van der Waals surface area contributed by atoms with E-state index in [-0.39, 0.29) is 11.9 Å². The lowest BCUT2D eigenvalue weighted by Crippen LogP contribution is -2.34. The molecule has 0 fully saturated rings. The first-order valence-electron chi connectivity index (χ1n) is 7.14. The predicted octanol–water partition coefficient (Wildman–Crippen LogP) is 2.51. The maximum Gasteiger partial charge on any atom is 0.220 e. The highest BCUT2D eigenvalue weighted by Crippen LogP contribution is 2.03. The van der Waals surface area contributed by atoms with Crippen molar-refractivity contribution in [3.8, 4) is 0 Å². The van der Waals surface area contributed by atoms with Gasteiger partial charge in [-0.25, -0.2) is 0 Å². The van der Waals surface area contributed by atoms with Crippen molar-refractivity contribution in [2.24, 2.45) is 0 Å². The third kappa shape index (κ3) is 7.62. The molecule has 3 nitrogen and oxygen atoms in total. The van der Waals surface area contributed by atoms with Crippen molar-refractivity contribution in [1.82, 2.24) is 10.6 Å². The van der Waals surface area contributed by atoms with Gasteiger partial charge in [0.2, 0.25) is 5.91 Å². The van der Waals surface area contributed by atoms with E-state index < -0.39 is 0 Å². The molecule has 0 aromatic heterocycles. The molecule has 0 saturated heterocycles.